The van der Waals surface area contributed by atoms with Crippen LogP contribution >= 0.6 is 0 Å². The van der Waals surface area contributed by atoms with Gasteiger partial charge in [-0.15, -0.1) is 0 Å². The summed E-state index contributed by atoms with van der Waals surface area (Å²) in [5.41, 5.74) is 3.47. The van der Waals surface area contributed by atoms with Crippen molar-refractivity contribution in [3.8, 4) is 0 Å². The molecule has 4 aliphatic carbocycles. The molecule has 4 aliphatic rings. The summed E-state index contributed by atoms with van der Waals surface area (Å²) in [6, 6.07) is 0. The molecular weight excluding hydrogens is 372 g/mol. The maximum atomic E-state index is 13.1. The monoisotopic (exact) mass is 410 g/mol. The summed E-state index contributed by atoms with van der Waals surface area (Å²) < 4.78 is 1.96. The number of rotatable bonds is 2. The summed E-state index contributed by atoms with van der Waals surface area (Å²) in [4.78, 5) is 13.1. The van der Waals surface area contributed by atoms with Crippen LogP contribution in [0.4, 0.5) is 0 Å². The molecule has 0 radical (unpaired) electrons. The Hall–Kier alpha value is -1.42. The molecule has 0 spiro atoms. The molecule has 30 heavy (non-hydrogen) atoms. The number of carbonyl (C=O) groups is 1. The lowest BCUT2D eigenvalue weighted by atomic mass is 9.45. The Bertz CT molecular complexity index is 886. The van der Waals surface area contributed by atoms with Gasteiger partial charge in [-0.05, 0) is 105 Å². The molecule has 1 heterocycles. The first kappa shape index (κ1) is 20.5. The minimum absolute atomic E-state index is 0.115. The van der Waals surface area contributed by atoms with Gasteiger partial charge in [0.1, 0.15) is 0 Å². The third kappa shape index (κ3) is 2.89. The Balaban J connectivity index is 1.46. The number of nitrogens with zero attached hydrogens (tertiary/aromatic N) is 2. The van der Waals surface area contributed by atoms with Crippen LogP contribution < -0.4 is 0 Å². The highest BCUT2D eigenvalue weighted by molar-refractivity contribution is 6.00. The van der Waals surface area contributed by atoms with E-state index in [1.807, 2.05) is 11.6 Å². The van der Waals surface area contributed by atoms with E-state index in [0.29, 0.717) is 23.5 Å². The fourth-order valence-electron chi connectivity index (χ4n) is 8.14. The van der Waals surface area contributed by atoms with Gasteiger partial charge in [-0.1, -0.05) is 13.8 Å². The van der Waals surface area contributed by atoms with E-state index in [0.717, 1.165) is 55.0 Å². The Kier molecular flexibility index (Phi) is 4.81. The van der Waals surface area contributed by atoms with Gasteiger partial charge in [0.15, 0.2) is 5.78 Å². The lowest BCUT2D eigenvalue weighted by Gasteiger charge is -2.60. The van der Waals surface area contributed by atoms with Gasteiger partial charge in [-0.25, -0.2) is 0 Å². The number of Topliss-reactive ketones (excluding diaryl/α,β-unsaturated/α-hetero) is 1. The zero-order valence-electron chi connectivity index (χ0n) is 19.2. The Morgan fingerprint density at radius 2 is 1.93 bits per heavy atom. The summed E-state index contributed by atoms with van der Waals surface area (Å²) in [7, 11) is 0. The van der Waals surface area contributed by atoms with Crippen molar-refractivity contribution in [3.05, 3.63) is 23.0 Å². The lowest BCUT2D eigenvalue weighted by molar-refractivity contribution is -0.134. The number of fused-ring (bicyclic) bond motifs is 5. The number of aliphatic hydroxyl groups excluding tert-OH is 1. The minimum Gasteiger partial charge on any atom is -0.393 e. The fourth-order valence-corrected chi connectivity index (χ4v) is 8.14. The zero-order valence-corrected chi connectivity index (χ0v) is 19.2. The number of carbonyl (C=O) groups excluding carboxylic acids is 1. The normalized spacial score (nSPS) is 44.6. The largest absolute Gasteiger partial charge is 0.393 e. The average molecular weight is 411 g/mol. The molecule has 1 aromatic heterocycles. The lowest BCUT2D eigenvalue weighted by Crippen LogP contribution is -2.54. The first-order valence-electron chi connectivity index (χ1n) is 12.2. The zero-order chi connectivity index (χ0) is 21.3. The fraction of sp³-hybridized carbons (Fsp3) is 0.769. The van der Waals surface area contributed by atoms with Gasteiger partial charge in [0.05, 0.1) is 11.8 Å². The van der Waals surface area contributed by atoms with Crippen molar-refractivity contribution in [2.45, 2.75) is 91.7 Å². The Labute approximate surface area is 181 Å². The molecule has 4 heteroatoms. The van der Waals surface area contributed by atoms with Gasteiger partial charge >= 0.3 is 0 Å². The molecular formula is C26H38N2O2. The molecule has 1 N–H and O–H groups in total. The molecule has 1 aromatic rings. The molecule has 0 aromatic carbocycles. The summed E-state index contributed by atoms with van der Waals surface area (Å²) in [6.45, 7) is 9.84. The number of aromatic nitrogens is 2. The van der Waals surface area contributed by atoms with Gasteiger partial charge < -0.3 is 5.11 Å². The number of aryl methyl sites for hydroxylation is 2. The number of aliphatic hydroxyl groups is 1. The quantitative estimate of drug-likeness (QED) is 0.684. The maximum Gasteiger partial charge on any atom is 0.159 e. The second-order valence-corrected chi connectivity index (χ2v) is 11.3. The van der Waals surface area contributed by atoms with Gasteiger partial charge in [0.25, 0.3) is 0 Å². The third-order valence-corrected chi connectivity index (χ3v) is 10.0. The van der Waals surface area contributed by atoms with E-state index in [2.05, 4.69) is 38.1 Å². The maximum absolute atomic E-state index is 13.1. The SMILES string of the molecule is CCn1cc(C=C2CC3(C)C(CCC4C5CCC(O)C5(C)CCC43)CC2=O)c(C)n1. The number of allylic oxidation sites excluding steroid dienone is 1. The number of hydrogen-bond acceptors (Lipinski definition) is 3. The predicted molar refractivity (Wildman–Crippen MR) is 119 cm³/mol. The summed E-state index contributed by atoms with van der Waals surface area (Å²) >= 11 is 0. The molecule has 164 valence electrons. The van der Waals surface area contributed by atoms with E-state index >= 15 is 0 Å². The second kappa shape index (κ2) is 7.05. The van der Waals surface area contributed by atoms with Crippen molar-refractivity contribution < 1.29 is 9.90 Å². The summed E-state index contributed by atoms with van der Waals surface area (Å²) in [5, 5.41) is 15.3. The van der Waals surface area contributed by atoms with Crippen LogP contribution in [0.5, 0.6) is 0 Å². The van der Waals surface area contributed by atoms with Crippen LogP contribution in [-0.4, -0.2) is 26.8 Å². The summed E-state index contributed by atoms with van der Waals surface area (Å²) in [5.74, 6) is 2.96. The first-order chi connectivity index (χ1) is 14.3. The summed E-state index contributed by atoms with van der Waals surface area (Å²) in [6.07, 6.45) is 12.7. The van der Waals surface area contributed by atoms with Gasteiger partial charge in [0, 0.05) is 24.7 Å². The molecule has 4 nitrogen and oxygen atoms in total. The Morgan fingerprint density at radius 1 is 1.17 bits per heavy atom. The third-order valence-electron chi connectivity index (χ3n) is 10.0. The Morgan fingerprint density at radius 3 is 2.67 bits per heavy atom. The van der Waals surface area contributed by atoms with Crippen molar-refractivity contribution in [2.24, 2.45) is 34.5 Å². The van der Waals surface area contributed by atoms with E-state index in [-0.39, 0.29) is 16.9 Å². The van der Waals surface area contributed by atoms with Crippen molar-refractivity contribution in [1.29, 1.82) is 0 Å². The molecule has 7 unspecified atom stereocenters. The van der Waals surface area contributed by atoms with Crippen LogP contribution in [0.3, 0.4) is 0 Å². The minimum atomic E-state index is -0.115. The smallest absolute Gasteiger partial charge is 0.159 e. The predicted octanol–water partition coefficient (Wildman–Crippen LogP) is 5.18. The molecule has 7 atom stereocenters. The molecule has 4 fully saturated rings. The van der Waals surface area contributed by atoms with E-state index in [4.69, 9.17) is 0 Å². The van der Waals surface area contributed by atoms with Crippen molar-refractivity contribution in [3.63, 3.8) is 0 Å². The molecule has 0 amide bonds. The molecule has 0 bridgehead atoms. The standard InChI is InChI=1S/C26H38N2O2/c1-5-28-15-18(16(2)27-28)12-17-14-26(4)19(13-23(17)29)6-7-20-21-8-9-24(30)25(21,3)11-10-22(20)26/h12,15,19-22,24,30H,5-11,13-14H2,1-4H3. The van der Waals surface area contributed by atoms with Gasteiger partial charge in [-0.2, -0.15) is 5.10 Å². The van der Waals surface area contributed by atoms with Gasteiger partial charge in [-0.3, -0.25) is 9.48 Å². The first-order valence-corrected chi connectivity index (χ1v) is 12.2. The van der Waals surface area contributed by atoms with Crippen LogP contribution in [0.25, 0.3) is 6.08 Å². The highest BCUT2D eigenvalue weighted by atomic mass is 16.3. The van der Waals surface area contributed by atoms with E-state index < -0.39 is 0 Å². The average Bonchev–Trinajstić information content (AvgIpc) is 3.22. The van der Waals surface area contributed by atoms with Crippen LogP contribution in [0, 0.1) is 41.4 Å². The van der Waals surface area contributed by atoms with Gasteiger partial charge in [0.2, 0.25) is 0 Å². The number of hydrogen-bond donors (Lipinski definition) is 1. The highest BCUT2D eigenvalue weighted by Crippen LogP contribution is 2.66. The van der Waals surface area contributed by atoms with Crippen LogP contribution in [0.1, 0.15) is 83.4 Å². The molecule has 5 rings (SSSR count). The van der Waals surface area contributed by atoms with Crippen LogP contribution in [0.15, 0.2) is 11.8 Å². The van der Waals surface area contributed by atoms with Crippen molar-refractivity contribution in [2.75, 3.05) is 0 Å². The van der Waals surface area contributed by atoms with Crippen molar-refractivity contribution >= 4 is 11.9 Å². The van der Waals surface area contributed by atoms with E-state index in [1.54, 1.807) is 0 Å². The second-order valence-electron chi connectivity index (χ2n) is 11.3. The number of ketones is 1. The van der Waals surface area contributed by atoms with Crippen LogP contribution in [-0.2, 0) is 11.3 Å². The van der Waals surface area contributed by atoms with Crippen LogP contribution in [0.2, 0.25) is 0 Å². The van der Waals surface area contributed by atoms with E-state index in [1.165, 1.54) is 25.7 Å². The highest BCUT2D eigenvalue weighted by Gasteiger charge is 2.60. The van der Waals surface area contributed by atoms with E-state index in [9.17, 15) is 9.90 Å². The molecule has 0 saturated heterocycles. The molecule has 4 saturated carbocycles. The van der Waals surface area contributed by atoms with Crippen molar-refractivity contribution in [1.82, 2.24) is 9.78 Å². The molecule has 0 aliphatic heterocycles. The topological polar surface area (TPSA) is 55.1 Å².